The van der Waals surface area contributed by atoms with Gasteiger partial charge < -0.3 is 15.2 Å². The van der Waals surface area contributed by atoms with E-state index in [4.69, 9.17) is 10.3 Å². The Morgan fingerprint density at radius 3 is 2.68 bits per heavy atom. The van der Waals surface area contributed by atoms with E-state index < -0.39 is 10.0 Å². The van der Waals surface area contributed by atoms with E-state index in [1.54, 1.807) is 4.90 Å². The first-order valence-corrected chi connectivity index (χ1v) is 11.6. The Balaban J connectivity index is 1.55. The molecule has 1 atom stereocenters. The summed E-state index contributed by atoms with van der Waals surface area (Å²) in [5.74, 6) is 1.08. The third-order valence-electron chi connectivity index (χ3n) is 5.08. The molecule has 11 nitrogen and oxygen atoms in total. The average Bonchev–Trinajstić information content (AvgIpc) is 3.43. The molecule has 1 aromatic carbocycles. The number of hydrogen-bond acceptors (Lipinski definition) is 10. The van der Waals surface area contributed by atoms with Crippen molar-refractivity contribution in [2.75, 3.05) is 36.5 Å². The molecule has 0 spiro atoms. The molecular formula is C19H24N8O3S. The molecule has 1 aliphatic heterocycles. The number of sulfonamides is 1. The SMILES string of the molecule is CCCS(=O)(=O)N1CCC(c2nc(-c3nc(N)nc(N(C)c4ccccc4)n3)no2)C1. The van der Waals surface area contributed by atoms with Crippen molar-refractivity contribution in [3.05, 3.63) is 36.2 Å². The fraction of sp³-hybridized carbons (Fsp3) is 0.421. The number of nitrogen functional groups attached to an aromatic ring is 1. The molecule has 31 heavy (non-hydrogen) atoms. The van der Waals surface area contributed by atoms with Crippen LogP contribution in [0.5, 0.6) is 0 Å². The Hall–Kier alpha value is -3.12. The molecule has 3 aromatic rings. The van der Waals surface area contributed by atoms with Gasteiger partial charge in [0.2, 0.25) is 39.5 Å². The zero-order chi connectivity index (χ0) is 22.0. The van der Waals surface area contributed by atoms with Crippen LogP contribution in [0, 0.1) is 0 Å². The molecular weight excluding hydrogens is 420 g/mol. The second-order valence-corrected chi connectivity index (χ2v) is 9.42. The number of aromatic nitrogens is 5. The Kier molecular flexibility index (Phi) is 5.83. The predicted octanol–water partition coefficient (Wildman–Crippen LogP) is 1.80. The van der Waals surface area contributed by atoms with Crippen molar-refractivity contribution >= 4 is 27.6 Å². The van der Waals surface area contributed by atoms with Gasteiger partial charge in [-0.1, -0.05) is 30.3 Å². The van der Waals surface area contributed by atoms with Crippen LogP contribution in [-0.4, -0.2) is 63.7 Å². The second-order valence-electron chi connectivity index (χ2n) is 7.33. The normalized spacial score (nSPS) is 17.2. The lowest BCUT2D eigenvalue weighted by atomic mass is 10.1. The zero-order valence-corrected chi connectivity index (χ0v) is 18.2. The van der Waals surface area contributed by atoms with E-state index in [9.17, 15) is 8.42 Å². The van der Waals surface area contributed by atoms with E-state index in [-0.39, 0.29) is 29.3 Å². The lowest BCUT2D eigenvalue weighted by molar-refractivity contribution is 0.354. The number of benzene rings is 1. The third kappa shape index (κ3) is 4.49. The summed E-state index contributed by atoms with van der Waals surface area (Å²) in [7, 11) is -1.44. The number of rotatable bonds is 7. The van der Waals surface area contributed by atoms with Gasteiger partial charge in [0.25, 0.3) is 0 Å². The first kappa shape index (κ1) is 21.1. The Labute approximate surface area is 180 Å². The standard InChI is InChI=1S/C19H24N8O3S/c1-3-11-31(28,29)27-10-9-13(12-27)17-21-16(25-30-17)15-22-18(20)24-19(23-15)26(2)14-7-5-4-6-8-14/h4-8,13H,3,9-12H2,1-2H3,(H2,20,22,23,24). The van der Waals surface area contributed by atoms with Gasteiger partial charge in [-0.3, -0.25) is 0 Å². The van der Waals surface area contributed by atoms with Crippen molar-refractivity contribution in [3.8, 4) is 11.6 Å². The number of nitrogens with two attached hydrogens (primary N) is 1. The lowest BCUT2D eigenvalue weighted by Crippen LogP contribution is -2.30. The minimum atomic E-state index is -3.26. The quantitative estimate of drug-likeness (QED) is 0.572. The highest BCUT2D eigenvalue weighted by Crippen LogP contribution is 2.29. The molecule has 1 unspecified atom stereocenters. The smallest absolute Gasteiger partial charge is 0.240 e. The van der Waals surface area contributed by atoms with E-state index in [1.807, 2.05) is 44.3 Å². The van der Waals surface area contributed by atoms with Gasteiger partial charge in [0.05, 0.1) is 11.7 Å². The van der Waals surface area contributed by atoms with Crippen molar-refractivity contribution in [1.29, 1.82) is 0 Å². The highest BCUT2D eigenvalue weighted by molar-refractivity contribution is 7.89. The molecule has 2 N–H and O–H groups in total. The number of para-hydroxylation sites is 1. The lowest BCUT2D eigenvalue weighted by Gasteiger charge is -2.17. The van der Waals surface area contributed by atoms with E-state index in [2.05, 4.69) is 25.1 Å². The molecule has 0 amide bonds. The highest BCUT2D eigenvalue weighted by atomic mass is 32.2. The summed E-state index contributed by atoms with van der Waals surface area (Å²) in [6, 6.07) is 9.58. The van der Waals surface area contributed by atoms with Crippen LogP contribution in [0.1, 0.15) is 31.6 Å². The van der Waals surface area contributed by atoms with Crippen molar-refractivity contribution in [3.63, 3.8) is 0 Å². The summed E-state index contributed by atoms with van der Waals surface area (Å²) in [5.41, 5.74) is 6.77. The Morgan fingerprint density at radius 2 is 1.94 bits per heavy atom. The van der Waals surface area contributed by atoms with Crippen molar-refractivity contribution in [1.82, 2.24) is 29.4 Å². The molecule has 0 bridgehead atoms. The molecule has 0 aliphatic carbocycles. The topological polar surface area (TPSA) is 144 Å². The molecule has 4 rings (SSSR count). The van der Waals surface area contributed by atoms with Crippen molar-refractivity contribution in [2.45, 2.75) is 25.7 Å². The van der Waals surface area contributed by atoms with Gasteiger partial charge in [-0.15, -0.1) is 0 Å². The molecule has 164 valence electrons. The van der Waals surface area contributed by atoms with Crippen LogP contribution < -0.4 is 10.6 Å². The summed E-state index contributed by atoms with van der Waals surface area (Å²) >= 11 is 0. The summed E-state index contributed by atoms with van der Waals surface area (Å²) < 4.78 is 31.5. The molecule has 1 fully saturated rings. The third-order valence-corrected chi connectivity index (χ3v) is 7.12. The monoisotopic (exact) mass is 444 g/mol. The molecule has 12 heteroatoms. The van der Waals surface area contributed by atoms with Crippen LogP contribution >= 0.6 is 0 Å². The first-order valence-electron chi connectivity index (χ1n) is 9.99. The first-order chi connectivity index (χ1) is 14.9. The van der Waals surface area contributed by atoms with Gasteiger partial charge in [0, 0.05) is 25.8 Å². The number of anilines is 3. The molecule has 0 radical (unpaired) electrons. The summed E-state index contributed by atoms with van der Waals surface area (Å²) in [6.45, 7) is 2.61. The largest absolute Gasteiger partial charge is 0.368 e. The summed E-state index contributed by atoms with van der Waals surface area (Å²) in [6.07, 6.45) is 1.20. The summed E-state index contributed by atoms with van der Waals surface area (Å²) in [4.78, 5) is 19.0. The van der Waals surface area contributed by atoms with Gasteiger partial charge in [0.15, 0.2) is 0 Å². The van der Waals surface area contributed by atoms with Crippen LogP contribution in [-0.2, 0) is 10.0 Å². The summed E-state index contributed by atoms with van der Waals surface area (Å²) in [5, 5.41) is 3.99. The van der Waals surface area contributed by atoms with Crippen LogP contribution in [0.2, 0.25) is 0 Å². The van der Waals surface area contributed by atoms with Crippen LogP contribution in [0.3, 0.4) is 0 Å². The Bertz CT molecular complexity index is 1150. The fourth-order valence-corrected chi connectivity index (χ4v) is 5.02. The maximum Gasteiger partial charge on any atom is 0.240 e. The van der Waals surface area contributed by atoms with Gasteiger partial charge in [-0.05, 0) is 25.0 Å². The van der Waals surface area contributed by atoms with Crippen LogP contribution in [0.25, 0.3) is 11.6 Å². The minimum Gasteiger partial charge on any atom is -0.368 e. The molecule has 3 heterocycles. The van der Waals surface area contributed by atoms with Gasteiger partial charge in [-0.2, -0.15) is 19.9 Å². The fourth-order valence-electron chi connectivity index (χ4n) is 3.46. The molecule has 1 saturated heterocycles. The van der Waals surface area contributed by atoms with E-state index in [0.29, 0.717) is 37.8 Å². The van der Waals surface area contributed by atoms with Gasteiger partial charge >= 0.3 is 0 Å². The second kappa shape index (κ2) is 8.55. The Morgan fingerprint density at radius 1 is 1.16 bits per heavy atom. The average molecular weight is 445 g/mol. The highest BCUT2D eigenvalue weighted by Gasteiger charge is 2.34. The van der Waals surface area contributed by atoms with Crippen LogP contribution in [0.4, 0.5) is 17.6 Å². The van der Waals surface area contributed by atoms with Crippen molar-refractivity contribution < 1.29 is 12.9 Å². The maximum atomic E-state index is 12.3. The van der Waals surface area contributed by atoms with Crippen LogP contribution in [0.15, 0.2) is 34.9 Å². The van der Waals surface area contributed by atoms with E-state index in [0.717, 1.165) is 5.69 Å². The van der Waals surface area contributed by atoms with Crippen molar-refractivity contribution in [2.24, 2.45) is 0 Å². The van der Waals surface area contributed by atoms with Gasteiger partial charge in [0.1, 0.15) is 0 Å². The zero-order valence-electron chi connectivity index (χ0n) is 17.3. The van der Waals surface area contributed by atoms with E-state index in [1.165, 1.54) is 4.31 Å². The van der Waals surface area contributed by atoms with E-state index >= 15 is 0 Å². The van der Waals surface area contributed by atoms with Gasteiger partial charge in [-0.25, -0.2) is 12.7 Å². The molecule has 1 aliphatic rings. The maximum absolute atomic E-state index is 12.3. The number of hydrogen-bond donors (Lipinski definition) is 1. The number of nitrogens with zero attached hydrogens (tertiary/aromatic N) is 7. The minimum absolute atomic E-state index is 0.0341. The molecule has 0 saturated carbocycles. The molecule has 2 aromatic heterocycles. The predicted molar refractivity (Wildman–Crippen MR) is 115 cm³/mol.